The Hall–Kier alpha value is -1.78. The number of likely N-dealkylation sites (tertiary alicyclic amines) is 1. The second-order valence-electron chi connectivity index (χ2n) is 3.69. The van der Waals surface area contributed by atoms with Crippen LogP contribution in [0.5, 0.6) is 0 Å². The van der Waals surface area contributed by atoms with Crippen LogP contribution in [0.2, 0.25) is 0 Å². The minimum Gasteiger partial charge on any atom is -0.481 e. The molecule has 0 bridgehead atoms. The molecular weight excluding hydrogens is 198 g/mol. The van der Waals surface area contributed by atoms with Crippen molar-refractivity contribution in [3.05, 3.63) is 24.2 Å². The Bertz CT molecular complexity index is 365. The average Bonchev–Trinajstić information content (AvgIpc) is 2.61. The summed E-state index contributed by atoms with van der Waals surface area (Å²) < 4.78 is 4.80. The lowest BCUT2D eigenvalue weighted by Gasteiger charge is -2.38. The molecular formula is C10H11NO4. The van der Waals surface area contributed by atoms with Crippen molar-refractivity contribution in [3.63, 3.8) is 0 Å². The normalized spacial score (nSPS) is 16.1. The monoisotopic (exact) mass is 209 g/mol. The van der Waals surface area contributed by atoms with Crippen molar-refractivity contribution in [2.24, 2.45) is 5.92 Å². The van der Waals surface area contributed by atoms with E-state index in [-0.39, 0.29) is 18.2 Å². The summed E-state index contributed by atoms with van der Waals surface area (Å²) in [7, 11) is 0. The number of furan rings is 1. The number of aliphatic carboxylic acids is 1. The summed E-state index contributed by atoms with van der Waals surface area (Å²) in [5.41, 5.74) is 0.517. The van der Waals surface area contributed by atoms with Gasteiger partial charge >= 0.3 is 5.97 Å². The molecule has 2 heterocycles. The van der Waals surface area contributed by atoms with Gasteiger partial charge in [0.15, 0.2) is 0 Å². The average molecular weight is 209 g/mol. The van der Waals surface area contributed by atoms with Gasteiger partial charge in [-0.1, -0.05) is 0 Å². The lowest BCUT2D eigenvalue weighted by Crippen LogP contribution is -2.50. The minimum absolute atomic E-state index is 0.0922. The number of nitrogens with zero attached hydrogens (tertiary/aromatic N) is 1. The van der Waals surface area contributed by atoms with Gasteiger partial charge in [-0.25, -0.2) is 0 Å². The molecule has 1 amide bonds. The molecule has 1 aliphatic rings. The maximum Gasteiger partial charge on any atom is 0.303 e. The SMILES string of the molecule is O=C(O)CC1CN(C(=O)c2ccoc2)C1. The molecule has 0 aromatic carbocycles. The molecule has 1 aromatic rings. The molecule has 0 spiro atoms. The smallest absolute Gasteiger partial charge is 0.303 e. The van der Waals surface area contributed by atoms with Gasteiger partial charge in [-0.2, -0.15) is 0 Å². The molecule has 0 radical (unpaired) electrons. The summed E-state index contributed by atoms with van der Waals surface area (Å²) in [5, 5.41) is 8.54. The van der Waals surface area contributed by atoms with E-state index in [2.05, 4.69) is 0 Å². The Labute approximate surface area is 86.3 Å². The number of carboxylic acid groups (broad SMARTS) is 1. The van der Waals surface area contributed by atoms with E-state index in [1.54, 1.807) is 11.0 Å². The second-order valence-corrected chi connectivity index (χ2v) is 3.69. The first kappa shape index (κ1) is 9.76. The first-order chi connectivity index (χ1) is 7.16. The standard InChI is InChI=1S/C10H11NO4/c12-9(13)3-7-4-11(5-7)10(14)8-1-2-15-6-8/h1-2,6-7H,3-5H2,(H,12,13). The fourth-order valence-corrected chi connectivity index (χ4v) is 1.68. The minimum atomic E-state index is -0.810. The van der Waals surface area contributed by atoms with Gasteiger partial charge in [0.1, 0.15) is 6.26 Å². The Kier molecular flexibility index (Phi) is 2.45. The van der Waals surface area contributed by atoms with E-state index < -0.39 is 5.97 Å². The zero-order valence-electron chi connectivity index (χ0n) is 8.05. The van der Waals surface area contributed by atoms with Crippen molar-refractivity contribution in [1.82, 2.24) is 4.90 Å². The maximum atomic E-state index is 11.6. The van der Waals surface area contributed by atoms with Crippen LogP contribution in [0.1, 0.15) is 16.8 Å². The van der Waals surface area contributed by atoms with Crippen LogP contribution in [0.15, 0.2) is 23.0 Å². The van der Waals surface area contributed by atoms with Crippen molar-refractivity contribution < 1.29 is 19.1 Å². The van der Waals surface area contributed by atoms with Crippen LogP contribution in [0.25, 0.3) is 0 Å². The van der Waals surface area contributed by atoms with Crippen LogP contribution in [-0.4, -0.2) is 35.0 Å². The summed E-state index contributed by atoms with van der Waals surface area (Å²) in [5.74, 6) is -0.806. The van der Waals surface area contributed by atoms with Gasteiger partial charge in [0.2, 0.25) is 0 Å². The molecule has 2 rings (SSSR count). The van der Waals surface area contributed by atoms with Gasteiger partial charge in [0, 0.05) is 19.0 Å². The molecule has 1 aromatic heterocycles. The van der Waals surface area contributed by atoms with Crippen molar-refractivity contribution in [2.75, 3.05) is 13.1 Å². The second kappa shape index (κ2) is 3.76. The Morgan fingerprint density at radius 3 is 2.80 bits per heavy atom. The molecule has 1 fully saturated rings. The zero-order valence-corrected chi connectivity index (χ0v) is 8.05. The maximum absolute atomic E-state index is 11.6. The number of carbonyl (C=O) groups excluding carboxylic acids is 1. The molecule has 0 unspecified atom stereocenters. The summed E-state index contributed by atoms with van der Waals surface area (Å²) in [6.45, 7) is 1.05. The highest BCUT2D eigenvalue weighted by atomic mass is 16.4. The molecule has 5 nitrogen and oxygen atoms in total. The highest BCUT2D eigenvalue weighted by Crippen LogP contribution is 2.21. The quantitative estimate of drug-likeness (QED) is 0.800. The predicted octanol–water partition coefficient (Wildman–Crippen LogP) is 0.826. The van der Waals surface area contributed by atoms with Crippen molar-refractivity contribution in [1.29, 1.82) is 0 Å². The highest BCUT2D eigenvalue weighted by molar-refractivity contribution is 5.94. The lowest BCUT2D eigenvalue weighted by molar-refractivity contribution is -0.139. The number of rotatable bonds is 3. The zero-order chi connectivity index (χ0) is 10.8. The molecule has 1 saturated heterocycles. The third-order valence-corrected chi connectivity index (χ3v) is 2.48. The third kappa shape index (κ3) is 2.01. The van der Waals surface area contributed by atoms with Crippen LogP contribution >= 0.6 is 0 Å². The number of carboxylic acids is 1. The molecule has 1 aliphatic heterocycles. The van der Waals surface area contributed by atoms with E-state index in [9.17, 15) is 9.59 Å². The molecule has 80 valence electrons. The Balaban J connectivity index is 1.85. The number of hydrogen-bond donors (Lipinski definition) is 1. The first-order valence-corrected chi connectivity index (χ1v) is 4.70. The van der Waals surface area contributed by atoms with Gasteiger partial charge in [-0.3, -0.25) is 9.59 Å². The number of hydrogen-bond acceptors (Lipinski definition) is 3. The predicted molar refractivity (Wildman–Crippen MR) is 50.4 cm³/mol. The number of carbonyl (C=O) groups is 2. The van der Waals surface area contributed by atoms with Crippen molar-refractivity contribution in [3.8, 4) is 0 Å². The third-order valence-electron chi connectivity index (χ3n) is 2.48. The van der Waals surface area contributed by atoms with Gasteiger partial charge < -0.3 is 14.4 Å². The van der Waals surface area contributed by atoms with Crippen LogP contribution in [0.4, 0.5) is 0 Å². The van der Waals surface area contributed by atoms with Crippen LogP contribution in [0, 0.1) is 5.92 Å². The molecule has 15 heavy (non-hydrogen) atoms. The van der Waals surface area contributed by atoms with E-state index in [0.29, 0.717) is 18.7 Å². The Morgan fingerprint density at radius 2 is 2.27 bits per heavy atom. The van der Waals surface area contributed by atoms with Crippen LogP contribution < -0.4 is 0 Å². The Morgan fingerprint density at radius 1 is 1.53 bits per heavy atom. The molecule has 1 N–H and O–H groups in total. The van der Waals surface area contributed by atoms with E-state index in [1.807, 2.05) is 0 Å². The van der Waals surface area contributed by atoms with E-state index >= 15 is 0 Å². The summed E-state index contributed by atoms with van der Waals surface area (Å²) >= 11 is 0. The highest BCUT2D eigenvalue weighted by Gasteiger charge is 2.32. The molecule has 0 aliphatic carbocycles. The van der Waals surface area contributed by atoms with Gasteiger partial charge in [0.25, 0.3) is 5.91 Å². The summed E-state index contributed by atoms with van der Waals surface area (Å²) in [6.07, 6.45) is 2.98. The largest absolute Gasteiger partial charge is 0.481 e. The fraction of sp³-hybridized carbons (Fsp3) is 0.400. The molecule has 5 heteroatoms. The topological polar surface area (TPSA) is 70.8 Å². The molecule has 0 atom stereocenters. The van der Waals surface area contributed by atoms with Crippen molar-refractivity contribution >= 4 is 11.9 Å². The van der Waals surface area contributed by atoms with Crippen LogP contribution in [-0.2, 0) is 4.79 Å². The molecule has 0 saturated carbocycles. The summed E-state index contributed by atoms with van der Waals surface area (Å²) in [4.78, 5) is 23.7. The number of amides is 1. The first-order valence-electron chi connectivity index (χ1n) is 4.70. The van der Waals surface area contributed by atoms with Gasteiger partial charge in [-0.05, 0) is 6.07 Å². The van der Waals surface area contributed by atoms with E-state index in [0.717, 1.165) is 0 Å². The van der Waals surface area contributed by atoms with E-state index in [1.165, 1.54) is 12.5 Å². The van der Waals surface area contributed by atoms with Crippen LogP contribution in [0.3, 0.4) is 0 Å². The van der Waals surface area contributed by atoms with Gasteiger partial charge in [0.05, 0.1) is 18.2 Å². The summed E-state index contributed by atoms with van der Waals surface area (Å²) in [6, 6.07) is 1.60. The van der Waals surface area contributed by atoms with Gasteiger partial charge in [-0.15, -0.1) is 0 Å². The fourth-order valence-electron chi connectivity index (χ4n) is 1.68. The van der Waals surface area contributed by atoms with E-state index in [4.69, 9.17) is 9.52 Å². The lowest BCUT2D eigenvalue weighted by atomic mass is 9.96. The van der Waals surface area contributed by atoms with Crippen molar-refractivity contribution in [2.45, 2.75) is 6.42 Å².